The van der Waals surface area contributed by atoms with E-state index in [1.165, 1.54) is 5.56 Å². The summed E-state index contributed by atoms with van der Waals surface area (Å²) in [6.45, 7) is 14.6. The molecule has 0 aliphatic heterocycles. The van der Waals surface area contributed by atoms with E-state index < -0.39 is 5.89 Å². The highest BCUT2D eigenvalue weighted by molar-refractivity contribution is 5.98. The highest BCUT2D eigenvalue weighted by Gasteiger charge is 2.24. The topological polar surface area (TPSA) is 50.9 Å². The van der Waals surface area contributed by atoms with Crippen LogP contribution in [-0.2, 0) is 5.41 Å². The quantitative estimate of drug-likeness (QED) is 0.178. The monoisotopic (exact) mass is 718 g/mol. The number of imidazole rings is 1. The van der Waals surface area contributed by atoms with Crippen LogP contribution in [0.5, 0.6) is 5.75 Å². The standard InChI is InChI=1S/C51H47N3O/c1-32(2)37-21-22-46(43(30-37)36-17-12-9-13-18-36)54-47-20-14-19-42(48(47)53-50(54)44-26-33(3)25-34(4)49(44)55)39-27-40(29-41(28-39)51(5,6)7)45-31-38(23-24-52-45)35-15-10-8-11-16-35/h8-32,55H,1-7H3/i32D. The number of hydrogen-bond acceptors (Lipinski definition) is 3. The van der Waals surface area contributed by atoms with Crippen LogP contribution in [0.15, 0.2) is 146 Å². The van der Waals surface area contributed by atoms with Gasteiger partial charge in [-0.05, 0) is 118 Å². The van der Waals surface area contributed by atoms with Crippen LogP contribution in [0.2, 0.25) is 0 Å². The number of phenolic OH excluding ortho intramolecular Hbond substituents is 1. The van der Waals surface area contributed by atoms with E-state index >= 15 is 0 Å². The highest BCUT2D eigenvalue weighted by atomic mass is 16.3. The van der Waals surface area contributed by atoms with Gasteiger partial charge in [0.15, 0.2) is 0 Å². The SMILES string of the molecule is [2H]C(C)(C)c1ccc(-n2c(-c3cc(C)cc(C)c3O)nc3c(-c4cc(-c5cc(-c6ccccc6)ccn5)cc(C(C)(C)C)c4)cccc32)c(-c2ccccc2)c1. The van der Waals surface area contributed by atoms with E-state index in [9.17, 15) is 5.11 Å². The molecule has 2 heterocycles. The predicted molar refractivity (Wildman–Crippen MR) is 230 cm³/mol. The van der Waals surface area contributed by atoms with Crippen molar-refractivity contribution in [3.8, 4) is 67.5 Å². The molecule has 0 spiro atoms. The van der Waals surface area contributed by atoms with Crippen molar-refractivity contribution in [2.45, 2.75) is 59.8 Å². The summed E-state index contributed by atoms with van der Waals surface area (Å²) in [5.41, 5.74) is 15.4. The van der Waals surface area contributed by atoms with Gasteiger partial charge >= 0.3 is 0 Å². The van der Waals surface area contributed by atoms with E-state index in [4.69, 9.17) is 11.3 Å². The molecule has 0 aliphatic rings. The molecule has 1 N–H and O–H groups in total. The number of pyridine rings is 1. The molecule has 4 nitrogen and oxygen atoms in total. The average Bonchev–Trinajstić information content (AvgIpc) is 3.58. The minimum atomic E-state index is -0.799. The molecule has 0 aliphatic carbocycles. The molecule has 0 bridgehead atoms. The van der Waals surface area contributed by atoms with Crippen molar-refractivity contribution >= 4 is 11.0 Å². The summed E-state index contributed by atoms with van der Waals surface area (Å²) in [4.78, 5) is 10.4. The summed E-state index contributed by atoms with van der Waals surface area (Å²) in [6, 6.07) is 48.4. The molecule has 55 heavy (non-hydrogen) atoms. The van der Waals surface area contributed by atoms with Gasteiger partial charge in [0.25, 0.3) is 0 Å². The Morgan fingerprint density at radius 3 is 2.05 bits per heavy atom. The molecule has 4 heteroatoms. The molecule has 0 saturated carbocycles. The third-order valence-electron chi connectivity index (χ3n) is 10.5. The summed E-state index contributed by atoms with van der Waals surface area (Å²) in [6.07, 6.45) is 1.89. The van der Waals surface area contributed by atoms with E-state index in [1.807, 2.05) is 69.4 Å². The zero-order valence-electron chi connectivity index (χ0n) is 33.6. The lowest BCUT2D eigenvalue weighted by Crippen LogP contribution is -2.11. The Hall–Kier alpha value is -6.26. The average molecular weight is 719 g/mol. The minimum absolute atomic E-state index is 0.136. The van der Waals surface area contributed by atoms with E-state index in [0.29, 0.717) is 11.4 Å². The Bertz CT molecular complexity index is 2730. The highest BCUT2D eigenvalue weighted by Crippen LogP contribution is 2.43. The summed E-state index contributed by atoms with van der Waals surface area (Å²) < 4.78 is 11.1. The number of phenols is 1. The van der Waals surface area contributed by atoms with Gasteiger partial charge in [-0.2, -0.15) is 0 Å². The molecule has 8 rings (SSSR count). The van der Waals surface area contributed by atoms with Crippen LogP contribution < -0.4 is 0 Å². The zero-order chi connectivity index (χ0) is 39.4. The van der Waals surface area contributed by atoms with E-state index in [0.717, 1.165) is 78.0 Å². The zero-order valence-corrected chi connectivity index (χ0v) is 32.6. The Balaban J connectivity index is 1.42. The Kier molecular flexibility index (Phi) is 8.90. The van der Waals surface area contributed by atoms with Crippen molar-refractivity contribution in [3.05, 3.63) is 168 Å². The molecular formula is C51H47N3O. The van der Waals surface area contributed by atoms with Crippen LogP contribution in [0.1, 0.15) is 64.1 Å². The van der Waals surface area contributed by atoms with Crippen LogP contribution in [0.3, 0.4) is 0 Å². The van der Waals surface area contributed by atoms with E-state index in [1.54, 1.807) is 0 Å². The first-order chi connectivity index (χ1) is 26.8. The predicted octanol–water partition coefficient (Wildman–Crippen LogP) is 13.5. The lowest BCUT2D eigenvalue weighted by Gasteiger charge is -2.22. The van der Waals surface area contributed by atoms with Crippen molar-refractivity contribution in [1.82, 2.24) is 14.5 Å². The molecule has 0 fully saturated rings. The van der Waals surface area contributed by atoms with Crippen LogP contribution >= 0.6 is 0 Å². The maximum Gasteiger partial charge on any atom is 0.149 e. The van der Waals surface area contributed by atoms with Gasteiger partial charge in [-0.15, -0.1) is 0 Å². The number of fused-ring (bicyclic) bond motifs is 1. The molecule has 0 radical (unpaired) electrons. The van der Waals surface area contributed by atoms with Crippen molar-refractivity contribution < 1.29 is 6.48 Å². The number of aromatic nitrogens is 3. The summed E-state index contributed by atoms with van der Waals surface area (Å²) in [5.74, 6) is 0.0585. The van der Waals surface area contributed by atoms with Crippen LogP contribution in [0.4, 0.5) is 0 Å². The van der Waals surface area contributed by atoms with Gasteiger partial charge in [-0.1, -0.05) is 126 Å². The van der Waals surface area contributed by atoms with Gasteiger partial charge < -0.3 is 5.11 Å². The first-order valence-electron chi connectivity index (χ1n) is 19.5. The second kappa shape index (κ2) is 14.2. The largest absolute Gasteiger partial charge is 0.507 e. The number of aromatic hydroxyl groups is 1. The van der Waals surface area contributed by atoms with E-state index in [-0.39, 0.29) is 11.2 Å². The van der Waals surface area contributed by atoms with Gasteiger partial charge in [0, 0.05) is 24.3 Å². The van der Waals surface area contributed by atoms with Gasteiger partial charge in [-0.25, -0.2) is 4.98 Å². The molecule has 0 unspecified atom stereocenters. The summed E-state index contributed by atoms with van der Waals surface area (Å²) in [7, 11) is 0. The van der Waals surface area contributed by atoms with Gasteiger partial charge in [0.05, 0.1) is 28.0 Å². The first kappa shape index (κ1) is 34.5. The Labute approximate surface area is 326 Å². The number of aryl methyl sites for hydroxylation is 2. The summed E-state index contributed by atoms with van der Waals surface area (Å²) in [5, 5.41) is 11.7. The Morgan fingerprint density at radius 2 is 1.35 bits per heavy atom. The molecule has 0 amide bonds. The summed E-state index contributed by atoms with van der Waals surface area (Å²) >= 11 is 0. The fourth-order valence-corrected chi connectivity index (χ4v) is 7.54. The third-order valence-corrected chi connectivity index (χ3v) is 10.5. The first-order valence-corrected chi connectivity index (χ1v) is 19.0. The maximum absolute atomic E-state index is 11.7. The molecular weight excluding hydrogens is 671 g/mol. The van der Waals surface area contributed by atoms with Gasteiger partial charge in [0.1, 0.15) is 11.6 Å². The second-order valence-electron chi connectivity index (χ2n) is 15.9. The second-order valence-corrected chi connectivity index (χ2v) is 15.9. The van der Waals surface area contributed by atoms with E-state index in [2.05, 4.69) is 129 Å². The van der Waals surface area contributed by atoms with Crippen LogP contribution in [0, 0.1) is 13.8 Å². The molecule has 6 aromatic carbocycles. The van der Waals surface area contributed by atoms with Crippen molar-refractivity contribution in [1.29, 1.82) is 0 Å². The lowest BCUT2D eigenvalue weighted by atomic mass is 9.83. The molecule has 0 saturated heterocycles. The van der Waals surface area contributed by atoms with Gasteiger partial charge in [0.2, 0.25) is 0 Å². The number of benzene rings is 6. The Morgan fingerprint density at radius 1 is 0.636 bits per heavy atom. The number of para-hydroxylation sites is 1. The molecule has 8 aromatic rings. The third kappa shape index (κ3) is 6.85. The minimum Gasteiger partial charge on any atom is -0.507 e. The van der Waals surface area contributed by atoms with Gasteiger partial charge in [-0.3, -0.25) is 9.55 Å². The fourth-order valence-electron chi connectivity index (χ4n) is 7.54. The van der Waals surface area contributed by atoms with Crippen molar-refractivity contribution in [2.24, 2.45) is 0 Å². The van der Waals surface area contributed by atoms with Crippen LogP contribution in [-0.4, -0.2) is 19.6 Å². The fraction of sp³-hybridized carbons (Fsp3) is 0.176. The van der Waals surface area contributed by atoms with Crippen LogP contribution in [0.25, 0.3) is 72.7 Å². The number of nitrogens with zero attached hydrogens (tertiary/aromatic N) is 3. The number of rotatable bonds is 7. The van der Waals surface area contributed by atoms with Crippen molar-refractivity contribution in [3.63, 3.8) is 0 Å². The number of hydrogen-bond donors (Lipinski definition) is 1. The smallest absolute Gasteiger partial charge is 0.149 e. The van der Waals surface area contributed by atoms with Crippen molar-refractivity contribution in [2.75, 3.05) is 0 Å². The molecule has 272 valence electrons. The molecule has 0 atom stereocenters. The maximum atomic E-state index is 11.7. The molecule has 2 aromatic heterocycles. The normalized spacial score (nSPS) is 12.2. The lowest BCUT2D eigenvalue weighted by molar-refractivity contribution is 0.472.